The summed E-state index contributed by atoms with van der Waals surface area (Å²) in [4.78, 5) is 11.2. The summed E-state index contributed by atoms with van der Waals surface area (Å²) in [5.74, 6) is -2.28. The molecule has 0 bridgehead atoms. The fourth-order valence-corrected chi connectivity index (χ4v) is 1.99. The molecule has 2 nitrogen and oxygen atoms in total. The van der Waals surface area contributed by atoms with Crippen LogP contribution in [0.4, 0.5) is 8.78 Å². The lowest BCUT2D eigenvalue weighted by atomic mass is 9.77. The van der Waals surface area contributed by atoms with E-state index in [2.05, 4.69) is 0 Å². The monoisotopic (exact) mass is 229 g/mol. The van der Waals surface area contributed by atoms with Crippen molar-refractivity contribution in [1.29, 1.82) is 0 Å². The number of hydrogen-bond donors (Lipinski definition) is 1. The van der Waals surface area contributed by atoms with Crippen molar-refractivity contribution < 1.29 is 13.6 Å². The molecule has 2 unspecified atom stereocenters. The van der Waals surface area contributed by atoms with Gasteiger partial charge >= 0.3 is 0 Å². The van der Waals surface area contributed by atoms with Crippen molar-refractivity contribution in [3.05, 3.63) is 23.6 Å². The molecule has 0 saturated heterocycles. The fraction of sp³-hybridized carbons (Fsp3) is 0.583. The summed E-state index contributed by atoms with van der Waals surface area (Å²) in [5.41, 5.74) is 3.23. The first kappa shape index (κ1) is 12.9. The maximum Gasteiger partial charge on any atom is 0.245 e. The summed E-state index contributed by atoms with van der Waals surface area (Å²) in [6, 6.07) is 0. The number of halogens is 2. The van der Waals surface area contributed by atoms with Gasteiger partial charge in [0.2, 0.25) is 5.91 Å². The number of primary amides is 1. The van der Waals surface area contributed by atoms with Crippen LogP contribution in [0, 0.1) is 5.92 Å². The summed E-state index contributed by atoms with van der Waals surface area (Å²) in [5, 5.41) is 0. The van der Waals surface area contributed by atoms with Crippen LogP contribution in [0.1, 0.15) is 33.1 Å². The SMILES string of the molecule is CCCCC1C(C(N)=O)=CC=C(F)C1(C)F. The minimum Gasteiger partial charge on any atom is -0.366 e. The van der Waals surface area contributed by atoms with Gasteiger partial charge in [0.05, 0.1) is 0 Å². The zero-order valence-corrected chi connectivity index (χ0v) is 9.59. The largest absolute Gasteiger partial charge is 0.366 e. The lowest BCUT2D eigenvalue weighted by Crippen LogP contribution is -2.38. The zero-order chi connectivity index (χ0) is 12.3. The summed E-state index contributed by atoms with van der Waals surface area (Å²) in [6.07, 6.45) is 4.31. The number of unbranched alkanes of at least 4 members (excludes halogenated alkanes) is 1. The van der Waals surface area contributed by atoms with Crippen LogP contribution in [-0.4, -0.2) is 11.6 Å². The van der Waals surface area contributed by atoms with E-state index in [1.807, 2.05) is 6.92 Å². The molecule has 0 aromatic heterocycles. The second-order valence-electron chi connectivity index (χ2n) is 4.27. The van der Waals surface area contributed by atoms with Gasteiger partial charge in [0.25, 0.3) is 0 Å². The molecule has 4 heteroatoms. The molecule has 1 rings (SSSR count). The van der Waals surface area contributed by atoms with Gasteiger partial charge in [-0.05, 0) is 19.4 Å². The number of nitrogens with two attached hydrogens (primary N) is 1. The standard InChI is InChI=1S/C12H17F2NO/c1-3-4-5-9-8(11(15)16)6-7-10(13)12(9,2)14/h6-7,9H,3-5H2,1-2H3,(H2,15,16). The van der Waals surface area contributed by atoms with Crippen molar-refractivity contribution >= 4 is 5.91 Å². The first-order valence-corrected chi connectivity index (χ1v) is 5.47. The summed E-state index contributed by atoms with van der Waals surface area (Å²) in [7, 11) is 0. The van der Waals surface area contributed by atoms with Crippen LogP contribution in [0.3, 0.4) is 0 Å². The van der Waals surface area contributed by atoms with Crippen LogP contribution in [-0.2, 0) is 4.79 Å². The highest BCUT2D eigenvalue weighted by Gasteiger charge is 2.43. The van der Waals surface area contributed by atoms with E-state index in [1.54, 1.807) is 0 Å². The first-order chi connectivity index (χ1) is 7.41. The van der Waals surface area contributed by atoms with Crippen LogP contribution >= 0.6 is 0 Å². The molecule has 0 aliphatic heterocycles. The molecule has 0 saturated carbocycles. The van der Waals surface area contributed by atoms with E-state index in [1.165, 1.54) is 6.08 Å². The second kappa shape index (κ2) is 4.76. The molecule has 2 atom stereocenters. The van der Waals surface area contributed by atoms with E-state index < -0.39 is 23.3 Å². The van der Waals surface area contributed by atoms with Gasteiger partial charge in [-0.3, -0.25) is 4.79 Å². The molecule has 90 valence electrons. The fourth-order valence-electron chi connectivity index (χ4n) is 1.99. The number of carbonyl (C=O) groups is 1. The van der Waals surface area contributed by atoms with E-state index in [9.17, 15) is 13.6 Å². The van der Waals surface area contributed by atoms with Crippen LogP contribution in [0.25, 0.3) is 0 Å². The molecule has 0 spiro atoms. The Morgan fingerprint density at radius 3 is 2.69 bits per heavy atom. The Balaban J connectivity index is 3.02. The highest BCUT2D eigenvalue weighted by Crippen LogP contribution is 2.41. The average Bonchev–Trinajstić information content (AvgIpc) is 2.19. The molecule has 0 aromatic rings. The van der Waals surface area contributed by atoms with Crippen molar-refractivity contribution in [2.24, 2.45) is 11.7 Å². The van der Waals surface area contributed by atoms with Gasteiger partial charge in [0.15, 0.2) is 5.67 Å². The van der Waals surface area contributed by atoms with Gasteiger partial charge < -0.3 is 5.73 Å². The Morgan fingerprint density at radius 1 is 1.56 bits per heavy atom. The van der Waals surface area contributed by atoms with Crippen molar-refractivity contribution in [1.82, 2.24) is 0 Å². The number of carbonyl (C=O) groups excluding carboxylic acids is 1. The molecule has 1 aliphatic carbocycles. The lowest BCUT2D eigenvalue weighted by Gasteiger charge is -2.32. The smallest absolute Gasteiger partial charge is 0.245 e. The Bertz CT molecular complexity index is 345. The maximum atomic E-state index is 14.2. The first-order valence-electron chi connectivity index (χ1n) is 5.47. The highest BCUT2D eigenvalue weighted by atomic mass is 19.2. The normalized spacial score (nSPS) is 29.6. The van der Waals surface area contributed by atoms with Gasteiger partial charge in [0, 0.05) is 11.5 Å². The molecule has 0 radical (unpaired) electrons. The topological polar surface area (TPSA) is 43.1 Å². The molecule has 0 fully saturated rings. The predicted molar refractivity (Wildman–Crippen MR) is 59.0 cm³/mol. The van der Waals surface area contributed by atoms with Crippen molar-refractivity contribution in [3.8, 4) is 0 Å². The average molecular weight is 229 g/mol. The number of amides is 1. The third-order valence-electron chi connectivity index (χ3n) is 3.04. The molecule has 2 N–H and O–H groups in total. The third-order valence-corrected chi connectivity index (χ3v) is 3.04. The van der Waals surface area contributed by atoms with Crippen LogP contribution in [0.15, 0.2) is 23.6 Å². The molecular formula is C12H17F2NO. The van der Waals surface area contributed by atoms with E-state index in [0.29, 0.717) is 6.42 Å². The molecule has 0 heterocycles. The van der Waals surface area contributed by atoms with Gasteiger partial charge in [-0.2, -0.15) is 0 Å². The Hall–Kier alpha value is -1.19. The summed E-state index contributed by atoms with van der Waals surface area (Å²) >= 11 is 0. The van der Waals surface area contributed by atoms with Gasteiger partial charge in [-0.25, -0.2) is 8.78 Å². The molecule has 1 amide bonds. The van der Waals surface area contributed by atoms with Crippen molar-refractivity contribution in [2.75, 3.05) is 0 Å². The van der Waals surface area contributed by atoms with E-state index >= 15 is 0 Å². The third kappa shape index (κ3) is 2.31. The summed E-state index contributed by atoms with van der Waals surface area (Å²) < 4.78 is 27.5. The van der Waals surface area contributed by atoms with Gasteiger partial charge in [-0.15, -0.1) is 0 Å². The highest BCUT2D eigenvalue weighted by molar-refractivity contribution is 5.93. The Labute approximate surface area is 94.2 Å². The number of rotatable bonds is 4. The van der Waals surface area contributed by atoms with E-state index in [-0.39, 0.29) is 5.57 Å². The van der Waals surface area contributed by atoms with E-state index in [0.717, 1.165) is 25.8 Å². The Kier molecular flexibility index (Phi) is 3.83. The van der Waals surface area contributed by atoms with Gasteiger partial charge in [-0.1, -0.05) is 25.8 Å². The van der Waals surface area contributed by atoms with Crippen LogP contribution in [0.5, 0.6) is 0 Å². The van der Waals surface area contributed by atoms with Crippen LogP contribution in [0.2, 0.25) is 0 Å². The molecule has 16 heavy (non-hydrogen) atoms. The summed E-state index contributed by atoms with van der Waals surface area (Å²) in [6.45, 7) is 3.12. The molecule has 0 aromatic carbocycles. The Morgan fingerprint density at radius 2 is 2.19 bits per heavy atom. The van der Waals surface area contributed by atoms with Crippen LogP contribution < -0.4 is 5.73 Å². The quantitative estimate of drug-likeness (QED) is 0.791. The number of hydrogen-bond acceptors (Lipinski definition) is 1. The number of alkyl halides is 1. The predicted octanol–water partition coefficient (Wildman–Crippen LogP) is 2.80. The molecular weight excluding hydrogens is 212 g/mol. The lowest BCUT2D eigenvalue weighted by molar-refractivity contribution is -0.115. The van der Waals surface area contributed by atoms with Crippen molar-refractivity contribution in [3.63, 3.8) is 0 Å². The van der Waals surface area contributed by atoms with Gasteiger partial charge in [0.1, 0.15) is 5.83 Å². The van der Waals surface area contributed by atoms with Crippen molar-refractivity contribution in [2.45, 2.75) is 38.8 Å². The minimum atomic E-state index is -2.12. The maximum absolute atomic E-state index is 14.2. The second-order valence-corrected chi connectivity index (χ2v) is 4.27. The zero-order valence-electron chi connectivity index (χ0n) is 9.59. The van der Waals surface area contributed by atoms with E-state index in [4.69, 9.17) is 5.73 Å². The number of allylic oxidation sites excluding steroid dienone is 3. The molecule has 1 aliphatic rings. The minimum absolute atomic E-state index is 0.180.